The quantitative estimate of drug-likeness (QED) is 0.767. The van der Waals surface area contributed by atoms with E-state index in [2.05, 4.69) is 4.98 Å². The van der Waals surface area contributed by atoms with Gasteiger partial charge in [0, 0.05) is 11.9 Å². The van der Waals surface area contributed by atoms with Crippen LogP contribution in [0.2, 0.25) is 5.02 Å². The maximum absolute atomic E-state index is 12.5. The number of alkyl halides is 3. The third-order valence-electron chi connectivity index (χ3n) is 2.38. The molecule has 0 atom stereocenters. The van der Waals surface area contributed by atoms with Crippen LogP contribution in [0.1, 0.15) is 11.3 Å². The number of H-pyrrole nitrogens is 1. The lowest BCUT2D eigenvalue weighted by Gasteiger charge is -2.10. The highest BCUT2D eigenvalue weighted by molar-refractivity contribution is 7.71. The maximum atomic E-state index is 12.5. The van der Waals surface area contributed by atoms with E-state index < -0.39 is 11.7 Å². The Kier molecular flexibility index (Phi) is 3.25. The number of nitrogens with one attached hydrogen (secondary N) is 1. The lowest BCUT2D eigenvalue weighted by atomic mass is 10.2. The van der Waals surface area contributed by atoms with Gasteiger partial charge in [0.05, 0.1) is 16.3 Å². The molecule has 0 saturated heterocycles. The molecule has 1 aromatic heterocycles. The Hall–Kier alpha value is -1.27. The van der Waals surface area contributed by atoms with Gasteiger partial charge in [-0.1, -0.05) is 11.6 Å². The SMILES string of the molecule is Cc1cn(-c2ccc(C(F)(F)F)cc2Cl)c(=S)[nH]1. The van der Waals surface area contributed by atoms with Gasteiger partial charge in [0.25, 0.3) is 0 Å². The third kappa shape index (κ3) is 2.44. The summed E-state index contributed by atoms with van der Waals surface area (Å²) < 4.78 is 39.4. The molecule has 1 aromatic carbocycles. The first-order valence-corrected chi connectivity index (χ1v) is 5.73. The van der Waals surface area contributed by atoms with E-state index in [1.165, 1.54) is 10.6 Å². The van der Waals surface area contributed by atoms with Crippen LogP contribution in [0.5, 0.6) is 0 Å². The first-order chi connectivity index (χ1) is 8.29. The summed E-state index contributed by atoms with van der Waals surface area (Å²) in [6, 6.07) is 3.17. The average Bonchev–Trinajstić information content (AvgIpc) is 2.56. The number of benzene rings is 1. The predicted octanol–water partition coefficient (Wildman–Crippen LogP) is 4.52. The van der Waals surface area contributed by atoms with Gasteiger partial charge < -0.3 is 4.98 Å². The van der Waals surface area contributed by atoms with Crippen molar-refractivity contribution >= 4 is 23.8 Å². The summed E-state index contributed by atoms with van der Waals surface area (Å²) in [4.78, 5) is 2.87. The first-order valence-electron chi connectivity index (χ1n) is 4.94. The van der Waals surface area contributed by atoms with Gasteiger partial charge in [0.15, 0.2) is 4.77 Å². The van der Waals surface area contributed by atoms with Crippen molar-refractivity contribution in [2.45, 2.75) is 13.1 Å². The third-order valence-corrected chi connectivity index (χ3v) is 2.98. The Balaban J connectivity index is 2.55. The molecule has 18 heavy (non-hydrogen) atoms. The second-order valence-electron chi connectivity index (χ2n) is 3.78. The van der Waals surface area contributed by atoms with Gasteiger partial charge >= 0.3 is 6.18 Å². The van der Waals surface area contributed by atoms with Crippen molar-refractivity contribution in [1.29, 1.82) is 0 Å². The Morgan fingerprint density at radius 1 is 1.33 bits per heavy atom. The normalized spacial score (nSPS) is 11.8. The molecule has 0 aliphatic rings. The smallest absolute Gasteiger partial charge is 0.335 e. The van der Waals surface area contributed by atoms with Gasteiger partial charge in [0.1, 0.15) is 0 Å². The van der Waals surface area contributed by atoms with Crippen LogP contribution in [0.3, 0.4) is 0 Å². The van der Waals surface area contributed by atoms with E-state index in [4.69, 9.17) is 23.8 Å². The molecular weight excluding hydrogens is 285 g/mol. The van der Waals surface area contributed by atoms with Crippen LogP contribution in [0.25, 0.3) is 5.69 Å². The maximum Gasteiger partial charge on any atom is 0.416 e. The highest BCUT2D eigenvalue weighted by Gasteiger charge is 2.31. The molecule has 0 aliphatic heterocycles. The van der Waals surface area contributed by atoms with Crippen molar-refractivity contribution in [3.63, 3.8) is 0 Å². The largest absolute Gasteiger partial charge is 0.416 e. The zero-order valence-corrected chi connectivity index (χ0v) is 10.7. The molecule has 0 bridgehead atoms. The monoisotopic (exact) mass is 292 g/mol. The van der Waals surface area contributed by atoms with E-state index in [9.17, 15) is 13.2 Å². The van der Waals surface area contributed by atoms with Crippen LogP contribution in [0.4, 0.5) is 13.2 Å². The number of rotatable bonds is 1. The lowest BCUT2D eigenvalue weighted by Crippen LogP contribution is -2.05. The first kappa shape index (κ1) is 13.2. The van der Waals surface area contributed by atoms with E-state index in [0.717, 1.165) is 17.8 Å². The molecular formula is C11H8ClF3N2S. The number of hydrogen-bond acceptors (Lipinski definition) is 1. The summed E-state index contributed by atoms with van der Waals surface area (Å²) >= 11 is 10.9. The van der Waals surface area contributed by atoms with Crippen molar-refractivity contribution in [3.05, 3.63) is 45.4 Å². The van der Waals surface area contributed by atoms with Crippen molar-refractivity contribution < 1.29 is 13.2 Å². The van der Waals surface area contributed by atoms with Crippen molar-refractivity contribution in [2.75, 3.05) is 0 Å². The zero-order valence-electron chi connectivity index (χ0n) is 9.18. The minimum atomic E-state index is -4.41. The van der Waals surface area contributed by atoms with E-state index in [-0.39, 0.29) is 5.02 Å². The molecule has 0 fully saturated rings. The van der Waals surface area contributed by atoms with Crippen molar-refractivity contribution in [2.24, 2.45) is 0 Å². The summed E-state index contributed by atoms with van der Waals surface area (Å²) in [7, 11) is 0. The minimum Gasteiger partial charge on any atom is -0.335 e. The molecule has 1 N–H and O–H groups in total. The molecule has 2 nitrogen and oxygen atoms in total. The molecule has 0 spiro atoms. The molecule has 2 aromatic rings. The summed E-state index contributed by atoms with van der Waals surface area (Å²) in [6.07, 6.45) is -2.73. The number of aryl methyl sites for hydroxylation is 1. The van der Waals surface area contributed by atoms with Gasteiger partial charge in [-0.3, -0.25) is 4.57 Å². The fourth-order valence-corrected chi connectivity index (χ4v) is 2.15. The van der Waals surface area contributed by atoms with Gasteiger partial charge in [-0.25, -0.2) is 0 Å². The molecule has 0 unspecified atom stereocenters. The number of aromatic nitrogens is 2. The van der Waals surface area contributed by atoms with Gasteiger partial charge in [-0.2, -0.15) is 13.2 Å². The molecule has 0 radical (unpaired) electrons. The highest BCUT2D eigenvalue weighted by atomic mass is 35.5. The summed E-state index contributed by atoms with van der Waals surface area (Å²) in [5, 5.41) is -0.0000694. The van der Waals surface area contributed by atoms with Crippen LogP contribution in [0, 0.1) is 11.7 Å². The van der Waals surface area contributed by atoms with E-state index in [1.54, 1.807) is 13.1 Å². The Morgan fingerprint density at radius 2 is 2.00 bits per heavy atom. The second-order valence-corrected chi connectivity index (χ2v) is 4.57. The summed E-state index contributed by atoms with van der Waals surface area (Å²) in [5.74, 6) is 0. The van der Waals surface area contributed by atoms with Gasteiger partial charge in [0.2, 0.25) is 0 Å². The van der Waals surface area contributed by atoms with Gasteiger partial charge in [-0.15, -0.1) is 0 Å². The second kappa shape index (κ2) is 4.44. The Bertz CT molecular complexity index is 642. The fraction of sp³-hybridized carbons (Fsp3) is 0.182. The van der Waals surface area contributed by atoms with E-state index in [1.807, 2.05) is 0 Å². The number of hydrogen-bond donors (Lipinski definition) is 1. The Morgan fingerprint density at radius 3 is 2.44 bits per heavy atom. The topological polar surface area (TPSA) is 20.7 Å². The standard InChI is InChI=1S/C11H8ClF3N2S/c1-6-5-17(10(18)16-6)9-3-2-7(4-8(9)12)11(13,14)15/h2-5H,1H3,(H,16,18). The molecule has 1 heterocycles. The lowest BCUT2D eigenvalue weighted by molar-refractivity contribution is -0.137. The summed E-state index contributed by atoms with van der Waals surface area (Å²) in [5.41, 5.74) is 0.435. The minimum absolute atomic E-state index is 0.0000694. The molecule has 0 amide bonds. The molecule has 0 aliphatic carbocycles. The van der Waals surface area contributed by atoms with Crippen LogP contribution in [-0.4, -0.2) is 9.55 Å². The number of nitrogens with zero attached hydrogens (tertiary/aromatic N) is 1. The molecule has 96 valence electrons. The van der Waals surface area contributed by atoms with Crippen molar-refractivity contribution in [1.82, 2.24) is 9.55 Å². The van der Waals surface area contributed by atoms with Crippen molar-refractivity contribution in [3.8, 4) is 5.69 Å². The van der Waals surface area contributed by atoms with Crippen LogP contribution in [-0.2, 0) is 6.18 Å². The average molecular weight is 293 g/mol. The molecule has 7 heteroatoms. The predicted molar refractivity (Wildman–Crippen MR) is 65.7 cm³/mol. The van der Waals surface area contributed by atoms with Crippen LogP contribution >= 0.6 is 23.8 Å². The van der Waals surface area contributed by atoms with E-state index in [0.29, 0.717) is 10.5 Å². The Labute approximate surface area is 111 Å². The fourth-order valence-electron chi connectivity index (χ4n) is 1.57. The highest BCUT2D eigenvalue weighted by Crippen LogP contribution is 2.33. The van der Waals surface area contributed by atoms with Crippen LogP contribution in [0.15, 0.2) is 24.4 Å². The van der Waals surface area contributed by atoms with Gasteiger partial charge in [-0.05, 0) is 37.3 Å². The number of halogens is 4. The van der Waals surface area contributed by atoms with E-state index >= 15 is 0 Å². The zero-order chi connectivity index (χ0) is 13.5. The number of imidazole rings is 1. The molecule has 0 saturated carbocycles. The molecule has 2 rings (SSSR count). The van der Waals surface area contributed by atoms with Crippen LogP contribution < -0.4 is 0 Å². The summed E-state index contributed by atoms with van der Waals surface area (Å²) in [6.45, 7) is 1.80. The number of aromatic amines is 1.